The van der Waals surface area contributed by atoms with E-state index in [0.717, 1.165) is 0 Å². The highest BCUT2D eigenvalue weighted by molar-refractivity contribution is 5.28. The fourth-order valence-electron chi connectivity index (χ4n) is 3.81. The van der Waals surface area contributed by atoms with Crippen molar-refractivity contribution in [1.82, 2.24) is 5.06 Å². The van der Waals surface area contributed by atoms with E-state index in [4.69, 9.17) is 4.84 Å². The van der Waals surface area contributed by atoms with E-state index in [1.807, 2.05) is 6.07 Å². The van der Waals surface area contributed by atoms with Crippen molar-refractivity contribution >= 4 is 0 Å². The first-order valence-corrected chi connectivity index (χ1v) is 10.5. The number of nitrogens with zero attached hydrogens (tertiary/aromatic N) is 1. The smallest absolute Gasteiger partial charge is 0.102 e. The first-order valence-electron chi connectivity index (χ1n) is 10.5. The van der Waals surface area contributed by atoms with Gasteiger partial charge in [0, 0.05) is 11.5 Å². The molecule has 0 saturated carbocycles. The molecule has 3 rings (SSSR count). The van der Waals surface area contributed by atoms with Crippen molar-refractivity contribution in [2.24, 2.45) is 0 Å². The van der Waals surface area contributed by atoms with E-state index in [0.29, 0.717) is 0 Å². The minimum Gasteiger partial charge on any atom is -0.290 e. The van der Waals surface area contributed by atoms with Crippen LogP contribution in [-0.4, -0.2) is 10.6 Å². The van der Waals surface area contributed by atoms with Crippen molar-refractivity contribution in [3.8, 4) is 0 Å². The molecule has 0 aliphatic carbocycles. The molecule has 0 fully saturated rings. The third kappa shape index (κ3) is 5.35. The summed E-state index contributed by atoms with van der Waals surface area (Å²) in [5.74, 6) is 0.265. The molecule has 0 amide bonds. The molecular formula is C27H33NO. The van der Waals surface area contributed by atoms with Crippen LogP contribution in [0.25, 0.3) is 0 Å². The standard InChI is InChI=1S/C27H33NO/c1-21(23-15-9-6-10-16-23)26(25-19-13-8-14-20-25)28(27(3,4)5)29-22(2)24-17-11-7-12-18-24/h6-22,26H,1-5H3. The van der Waals surface area contributed by atoms with Gasteiger partial charge in [0.2, 0.25) is 0 Å². The van der Waals surface area contributed by atoms with Crippen molar-refractivity contribution < 1.29 is 4.84 Å². The Morgan fingerprint density at radius 3 is 1.48 bits per heavy atom. The van der Waals surface area contributed by atoms with E-state index < -0.39 is 0 Å². The maximum atomic E-state index is 6.69. The van der Waals surface area contributed by atoms with Gasteiger partial charge in [-0.25, -0.2) is 0 Å². The molecule has 0 aromatic heterocycles. The molecule has 0 spiro atoms. The van der Waals surface area contributed by atoms with Crippen molar-refractivity contribution in [2.45, 2.75) is 58.2 Å². The van der Waals surface area contributed by atoms with Crippen molar-refractivity contribution in [3.63, 3.8) is 0 Å². The van der Waals surface area contributed by atoms with Crippen LogP contribution in [0.15, 0.2) is 91.0 Å². The molecule has 3 aromatic carbocycles. The highest BCUT2D eigenvalue weighted by Gasteiger charge is 2.36. The van der Waals surface area contributed by atoms with Gasteiger partial charge in [0.15, 0.2) is 0 Å². The van der Waals surface area contributed by atoms with E-state index >= 15 is 0 Å². The lowest BCUT2D eigenvalue weighted by molar-refractivity contribution is -0.269. The molecular weight excluding hydrogens is 354 g/mol. The zero-order valence-corrected chi connectivity index (χ0v) is 18.2. The molecule has 0 aliphatic rings. The van der Waals surface area contributed by atoms with Crippen LogP contribution in [0.1, 0.15) is 69.4 Å². The Labute approximate surface area is 176 Å². The van der Waals surface area contributed by atoms with E-state index in [-0.39, 0.29) is 23.6 Å². The summed E-state index contributed by atoms with van der Waals surface area (Å²) in [6.07, 6.45) is -0.0374. The number of hydrogen-bond donors (Lipinski definition) is 0. The second kappa shape index (κ2) is 9.39. The van der Waals surface area contributed by atoms with Crippen molar-refractivity contribution in [1.29, 1.82) is 0 Å². The van der Waals surface area contributed by atoms with Crippen LogP contribution >= 0.6 is 0 Å². The molecule has 0 bridgehead atoms. The number of hydroxylamine groups is 2. The lowest BCUT2D eigenvalue weighted by atomic mass is 9.86. The zero-order chi connectivity index (χ0) is 20.9. The van der Waals surface area contributed by atoms with Gasteiger partial charge in [-0.1, -0.05) is 97.9 Å². The Hall–Kier alpha value is -2.42. The predicted octanol–water partition coefficient (Wildman–Crippen LogP) is 7.32. The summed E-state index contributed by atoms with van der Waals surface area (Å²) in [4.78, 5) is 6.69. The number of benzene rings is 3. The summed E-state index contributed by atoms with van der Waals surface area (Å²) in [5.41, 5.74) is 3.58. The zero-order valence-electron chi connectivity index (χ0n) is 18.2. The number of rotatable bonds is 7. The van der Waals surface area contributed by atoms with Gasteiger partial charge in [-0.15, -0.1) is 0 Å². The largest absolute Gasteiger partial charge is 0.290 e. The van der Waals surface area contributed by atoms with Gasteiger partial charge in [0.1, 0.15) is 6.10 Å². The van der Waals surface area contributed by atoms with Gasteiger partial charge in [-0.2, -0.15) is 5.06 Å². The molecule has 0 N–H and O–H groups in total. The minimum absolute atomic E-state index is 0.0374. The first kappa shape index (κ1) is 21.3. The predicted molar refractivity (Wildman–Crippen MR) is 122 cm³/mol. The average molecular weight is 388 g/mol. The maximum Gasteiger partial charge on any atom is 0.102 e. The van der Waals surface area contributed by atoms with E-state index in [1.54, 1.807) is 0 Å². The van der Waals surface area contributed by atoms with Gasteiger partial charge < -0.3 is 0 Å². The van der Waals surface area contributed by atoms with Gasteiger partial charge >= 0.3 is 0 Å². The van der Waals surface area contributed by atoms with Crippen LogP contribution in [0.2, 0.25) is 0 Å². The monoisotopic (exact) mass is 387 g/mol. The maximum absolute atomic E-state index is 6.69. The Morgan fingerprint density at radius 1 is 0.621 bits per heavy atom. The summed E-state index contributed by atoms with van der Waals surface area (Å²) in [5, 5.41) is 2.21. The highest BCUT2D eigenvalue weighted by atomic mass is 16.7. The SMILES string of the molecule is CC(ON(C(c1ccccc1)C(C)c1ccccc1)C(C)(C)C)c1ccccc1. The fraction of sp³-hybridized carbons (Fsp3) is 0.333. The Balaban J connectivity index is 2.01. The normalized spacial score (nSPS) is 15.1. The molecule has 2 nitrogen and oxygen atoms in total. The third-order valence-electron chi connectivity index (χ3n) is 5.39. The summed E-state index contributed by atoms with van der Waals surface area (Å²) >= 11 is 0. The van der Waals surface area contributed by atoms with Crippen LogP contribution in [0.4, 0.5) is 0 Å². The molecule has 0 radical (unpaired) electrons. The Morgan fingerprint density at radius 2 is 1.03 bits per heavy atom. The topological polar surface area (TPSA) is 12.5 Å². The molecule has 0 saturated heterocycles. The Bertz CT molecular complexity index is 855. The Kier molecular flexibility index (Phi) is 6.89. The van der Waals surface area contributed by atoms with Gasteiger partial charge in [-0.3, -0.25) is 4.84 Å². The molecule has 3 aromatic rings. The summed E-state index contributed by atoms with van der Waals surface area (Å²) < 4.78 is 0. The molecule has 29 heavy (non-hydrogen) atoms. The van der Waals surface area contributed by atoms with Gasteiger partial charge in [0.05, 0.1) is 6.04 Å². The van der Waals surface area contributed by atoms with E-state index in [9.17, 15) is 0 Å². The van der Waals surface area contributed by atoms with Crippen molar-refractivity contribution in [2.75, 3.05) is 0 Å². The lowest BCUT2D eigenvalue weighted by Crippen LogP contribution is -2.46. The molecule has 152 valence electrons. The molecule has 3 unspecified atom stereocenters. The second-order valence-corrected chi connectivity index (χ2v) is 8.71. The quantitative estimate of drug-likeness (QED) is 0.394. The summed E-state index contributed by atoms with van der Waals surface area (Å²) in [7, 11) is 0. The second-order valence-electron chi connectivity index (χ2n) is 8.71. The lowest BCUT2D eigenvalue weighted by Gasteiger charge is -2.44. The number of hydrogen-bond acceptors (Lipinski definition) is 2. The summed E-state index contributed by atoms with van der Waals surface area (Å²) in [6, 6.07) is 32.0. The van der Waals surface area contributed by atoms with Crippen LogP contribution in [-0.2, 0) is 4.84 Å². The molecule has 0 heterocycles. The van der Waals surface area contributed by atoms with E-state index in [1.165, 1.54) is 16.7 Å². The van der Waals surface area contributed by atoms with Crippen LogP contribution in [0.5, 0.6) is 0 Å². The molecule has 2 heteroatoms. The van der Waals surface area contributed by atoms with Crippen LogP contribution in [0.3, 0.4) is 0 Å². The highest BCUT2D eigenvalue weighted by Crippen LogP contribution is 2.41. The van der Waals surface area contributed by atoms with E-state index in [2.05, 4.69) is 125 Å². The first-order chi connectivity index (χ1) is 13.9. The third-order valence-corrected chi connectivity index (χ3v) is 5.39. The van der Waals surface area contributed by atoms with Gasteiger partial charge in [0.25, 0.3) is 0 Å². The van der Waals surface area contributed by atoms with Crippen LogP contribution < -0.4 is 0 Å². The minimum atomic E-state index is -0.174. The van der Waals surface area contributed by atoms with Crippen molar-refractivity contribution in [3.05, 3.63) is 108 Å². The fourth-order valence-corrected chi connectivity index (χ4v) is 3.81. The molecule has 3 atom stereocenters. The average Bonchev–Trinajstić information content (AvgIpc) is 2.74. The van der Waals surface area contributed by atoms with Gasteiger partial charge in [-0.05, 0) is 44.4 Å². The summed E-state index contributed by atoms with van der Waals surface area (Å²) in [6.45, 7) is 11.1. The van der Waals surface area contributed by atoms with Crippen LogP contribution in [0, 0.1) is 0 Å². The molecule has 0 aliphatic heterocycles.